The third kappa shape index (κ3) is 37.8. The van der Waals surface area contributed by atoms with Crippen LogP contribution in [0, 0.1) is 0 Å². The van der Waals surface area contributed by atoms with Gasteiger partial charge in [0.25, 0.3) is 0 Å². The second-order valence-electron chi connectivity index (χ2n) is 7.59. The molecule has 0 spiro atoms. The van der Waals surface area contributed by atoms with Crippen molar-refractivity contribution in [2.24, 2.45) is 5.11 Å². The summed E-state index contributed by atoms with van der Waals surface area (Å²) >= 11 is 15.9. The molecule has 0 atom stereocenters. The van der Waals surface area contributed by atoms with Crippen LogP contribution in [0.5, 0.6) is 0 Å². The molecule has 51 heavy (non-hydrogen) atoms. The van der Waals surface area contributed by atoms with Gasteiger partial charge in [-0.3, -0.25) is 10.2 Å². The van der Waals surface area contributed by atoms with E-state index in [1.807, 2.05) is 77.7 Å². The first kappa shape index (κ1) is 58.8. The molecule has 23 heteroatoms. The Morgan fingerprint density at radius 2 is 1.41 bits per heavy atom. The van der Waals surface area contributed by atoms with Gasteiger partial charge in [0, 0.05) is 72.2 Å². The Bertz CT molecular complexity index is 1510. The van der Waals surface area contributed by atoms with Crippen LogP contribution in [-0.2, 0) is 28.5 Å². The molecule has 1 heterocycles. The predicted octanol–water partition coefficient (Wildman–Crippen LogP) is 9.31. The zero-order valence-corrected chi connectivity index (χ0v) is 44.3. The second-order valence-corrected chi connectivity index (χ2v) is 31.2. The first-order valence-electron chi connectivity index (χ1n) is 12.9. The van der Waals surface area contributed by atoms with Crippen LogP contribution in [0.25, 0.3) is 33.0 Å². The summed E-state index contributed by atoms with van der Waals surface area (Å²) in [4.78, 5) is 38.9. The molecule has 3 aromatic carbocycles. The SMILES string of the molecule is CI.II.O=Cc1ccccc1.[2HH].[B]C(=O)/C(=C/c1ccccc1)N[NH+]=[N-].[B]C(=O)c1cc2ccccc2[nH]1.[B]COCN=[N+]=[N-].[I][V][I].[I][V][I]. The van der Waals surface area contributed by atoms with Gasteiger partial charge in [0.05, 0.1) is 5.69 Å². The number of carbonyl (C=O) groups excluding carboxylic acids is 3. The van der Waals surface area contributed by atoms with Crippen LogP contribution in [0.15, 0.2) is 102 Å². The fraction of sp³-hybridized carbons (Fsp3) is 0.107. The number of aldehydes is 1. The number of para-hydroxylation sites is 1. The second kappa shape index (κ2) is 47.2. The molecule has 1 aromatic heterocycles. The summed E-state index contributed by atoms with van der Waals surface area (Å²) in [6, 6.07) is 27.6. The van der Waals surface area contributed by atoms with Crippen LogP contribution in [0.4, 0.5) is 0 Å². The summed E-state index contributed by atoms with van der Waals surface area (Å²) in [7, 11) is 16.3. The molecule has 3 N–H and O–H groups in total. The number of nitrogens with zero attached hydrogens (tertiary/aromatic N) is 4. The van der Waals surface area contributed by atoms with Crippen molar-refractivity contribution in [2.75, 3.05) is 18.2 Å². The van der Waals surface area contributed by atoms with Gasteiger partial charge in [-0.1, -0.05) is 107 Å². The normalized spacial score (nSPS) is 8.51. The van der Waals surface area contributed by atoms with E-state index < -0.39 is 11.4 Å². The fourth-order valence-electron chi connectivity index (χ4n) is 2.80. The Hall–Kier alpha value is 1.09. The number of alkyl halides is 1. The molecule has 0 bridgehead atoms. The topological polar surface area (TPSA) is 173 Å². The Labute approximate surface area is 398 Å². The summed E-state index contributed by atoms with van der Waals surface area (Å²) in [6.07, 6.45) is 2.35. The van der Waals surface area contributed by atoms with Crippen LogP contribution in [-0.4, -0.2) is 64.3 Å². The average Bonchev–Trinajstić information content (AvgIpc) is 3.61. The van der Waals surface area contributed by atoms with Crippen molar-refractivity contribution in [3.63, 3.8) is 0 Å². The Kier molecular flexibility index (Phi) is 54.5. The maximum atomic E-state index is 10.8. The van der Waals surface area contributed by atoms with Gasteiger partial charge in [0.15, 0.2) is 15.7 Å². The van der Waals surface area contributed by atoms with Crippen molar-refractivity contribution in [1.29, 1.82) is 0 Å². The number of aromatic amines is 1. The van der Waals surface area contributed by atoms with E-state index in [0.29, 0.717) is 24.6 Å². The number of benzene rings is 3. The molecule has 0 saturated carbocycles. The third-order valence-electron chi connectivity index (χ3n) is 4.63. The van der Waals surface area contributed by atoms with Crippen LogP contribution in [0.3, 0.4) is 0 Å². The van der Waals surface area contributed by atoms with E-state index in [2.05, 4.69) is 165 Å². The van der Waals surface area contributed by atoms with Gasteiger partial charge < -0.3 is 19.3 Å². The standard InChI is InChI=1S/C9H8BN3O.C9H6BNO.C7H6O.C2H4BN3O.CH3I.I2.4HI.2V.H2/c10-9(14)8(12-13-11)6-7-4-2-1-3-5-7;10-9(12)8-5-6-3-1-2-4-7(6)11-8;8-6-7-4-2-1-3-5-7;3-1-7-2-5-6-4;2*1-2;;;;;;;/h1-6,13H,(H-,11,12);1-5,11H;1-6H;1-2H2;1H3;;4*1H;;;1H/q;;;;;;;;;;2*+2;/p-4/b8-6-;;;;;;;;;;;;/i;;;;;;;;;;;;1+1. The van der Waals surface area contributed by atoms with E-state index in [1.165, 1.54) is 6.08 Å². The van der Waals surface area contributed by atoms with E-state index in [0.717, 1.165) is 28.3 Å². The molecule has 0 unspecified atom stereocenters. The van der Waals surface area contributed by atoms with Crippen molar-refractivity contribution in [3.8, 4) is 0 Å². The molecule has 11 nitrogen and oxygen atoms in total. The van der Waals surface area contributed by atoms with E-state index in [9.17, 15) is 14.4 Å². The van der Waals surface area contributed by atoms with Crippen molar-refractivity contribution in [3.05, 3.63) is 129 Å². The minimum absolute atomic E-state index is 0. The van der Waals surface area contributed by atoms with Crippen LogP contribution < -0.4 is 10.6 Å². The van der Waals surface area contributed by atoms with Crippen molar-refractivity contribution in [1.82, 2.24) is 10.4 Å². The van der Waals surface area contributed by atoms with Crippen LogP contribution in [0.1, 0.15) is 27.8 Å². The zero-order chi connectivity index (χ0) is 39.7. The third-order valence-corrected chi connectivity index (χ3v) is 4.63. The number of rotatable bonds is 9. The number of carbonyl (C=O) groups is 3. The van der Waals surface area contributed by atoms with Gasteiger partial charge in [-0.15, -0.1) is 0 Å². The number of fused-ring (bicyclic) bond motifs is 1. The Morgan fingerprint density at radius 3 is 1.78 bits per heavy atom. The number of halogens is 7. The monoisotopic (exact) mass is 1550 g/mol. The summed E-state index contributed by atoms with van der Waals surface area (Å²) < 4.78 is 4.43. The van der Waals surface area contributed by atoms with E-state index in [1.54, 1.807) is 23.4 Å². The first-order valence-corrected chi connectivity index (χ1v) is 39.4. The predicted molar refractivity (Wildman–Crippen MR) is 265 cm³/mol. The molecule has 4 aromatic rings. The molecule has 0 fully saturated rings. The van der Waals surface area contributed by atoms with Crippen molar-refractivity contribution >= 4 is 198 Å². The fourth-order valence-corrected chi connectivity index (χ4v) is 2.80. The van der Waals surface area contributed by atoms with Crippen molar-refractivity contribution in [2.45, 2.75) is 0 Å². The van der Waals surface area contributed by atoms with Gasteiger partial charge in [-0.05, 0) is 34.2 Å². The molecular formula is C28H29B3I7N7O4V2. The number of allylic oxidation sites excluding steroid dienone is 1. The molecule has 6 radical (unpaired) electrons. The maximum absolute atomic E-state index is 10.8. The molecular weight excluding hydrogens is 1520 g/mol. The number of ether oxygens (including phenoxy) is 1. The van der Waals surface area contributed by atoms with Gasteiger partial charge in [-0.2, -0.15) is 10.8 Å². The van der Waals surface area contributed by atoms with Gasteiger partial charge in [0.1, 0.15) is 32.2 Å². The Balaban J connectivity index is -0.000000177. The van der Waals surface area contributed by atoms with E-state index in [4.69, 9.17) is 34.6 Å². The zero-order valence-electron chi connectivity index (χ0n) is 26.4. The number of hydrogen-bond donors (Lipinski definition) is 3. The summed E-state index contributed by atoms with van der Waals surface area (Å²) in [6.45, 7) is 0.117. The molecule has 0 aliphatic rings. The average molecular weight is 1550 g/mol. The van der Waals surface area contributed by atoms with Crippen LogP contribution >= 0.6 is 140 Å². The minimum atomic E-state index is -0.657. The van der Waals surface area contributed by atoms with E-state index in [-0.39, 0.29) is 20.4 Å². The number of azide groups is 1. The Morgan fingerprint density at radius 1 is 0.941 bits per heavy atom. The van der Waals surface area contributed by atoms with E-state index >= 15 is 0 Å². The van der Waals surface area contributed by atoms with Crippen LogP contribution in [0.2, 0.25) is 0 Å². The quantitative estimate of drug-likeness (QED) is 0.0145. The molecule has 0 amide bonds. The number of hydrogen-bond acceptors (Lipinski definition) is 5. The van der Waals surface area contributed by atoms with Crippen molar-refractivity contribution < 1.29 is 44.7 Å². The molecule has 0 aliphatic carbocycles. The first-order chi connectivity index (χ1) is 24.7. The van der Waals surface area contributed by atoms with Gasteiger partial charge >= 0.3 is 98.8 Å². The number of H-pyrrole nitrogens is 1. The molecule has 4 rings (SSSR count). The van der Waals surface area contributed by atoms with Gasteiger partial charge in [0.2, 0.25) is 0 Å². The molecule has 268 valence electrons. The summed E-state index contributed by atoms with van der Waals surface area (Å²) in [5.74, 6) is 0. The number of hydrazine groups is 1. The summed E-state index contributed by atoms with van der Waals surface area (Å²) in [5.41, 5.74) is 20.1. The van der Waals surface area contributed by atoms with Gasteiger partial charge in [-0.25, -0.2) is 0 Å². The molecule has 0 saturated heterocycles. The number of aromatic nitrogens is 1. The number of nitrogens with one attached hydrogen (secondary N) is 3. The summed E-state index contributed by atoms with van der Waals surface area (Å²) in [5, 5.41) is 5.70. The molecule has 0 aliphatic heterocycles.